The van der Waals surface area contributed by atoms with Gasteiger partial charge < -0.3 is 4.57 Å². The highest BCUT2D eigenvalue weighted by molar-refractivity contribution is 7.89. The molecule has 0 atom stereocenters. The second-order valence-corrected chi connectivity index (χ2v) is 8.05. The summed E-state index contributed by atoms with van der Waals surface area (Å²) in [6, 6.07) is 2.09. The molecule has 1 aliphatic carbocycles. The van der Waals surface area contributed by atoms with Gasteiger partial charge in [0.25, 0.3) is 10.0 Å². The highest BCUT2D eigenvalue weighted by Crippen LogP contribution is 2.30. The molecule has 2 heterocycles. The van der Waals surface area contributed by atoms with E-state index in [1.54, 1.807) is 18.4 Å². The summed E-state index contributed by atoms with van der Waals surface area (Å²) >= 11 is 7.60. The highest BCUT2D eigenvalue weighted by Gasteiger charge is 2.23. The molecule has 0 radical (unpaired) electrons. The fourth-order valence-corrected chi connectivity index (χ4v) is 5.01. The van der Waals surface area contributed by atoms with Crippen LogP contribution >= 0.6 is 22.9 Å². The Kier molecular flexibility index (Phi) is 3.62. The smallest absolute Gasteiger partial charge is 0.261 e. The molecule has 1 N–H and O–H groups in total. The van der Waals surface area contributed by atoms with Gasteiger partial charge in [0, 0.05) is 23.3 Å². The first-order valence-corrected chi connectivity index (χ1v) is 8.92. The topological polar surface area (TPSA) is 64.0 Å². The third-order valence-electron chi connectivity index (χ3n) is 3.32. The first-order chi connectivity index (χ1) is 9.47. The van der Waals surface area contributed by atoms with E-state index in [4.69, 9.17) is 11.6 Å². The number of hydrogen-bond donors (Lipinski definition) is 1. The lowest BCUT2D eigenvalue weighted by molar-refractivity contribution is 0.578. The molecule has 8 heteroatoms. The third kappa shape index (κ3) is 2.50. The van der Waals surface area contributed by atoms with Gasteiger partial charge in [0.1, 0.15) is 5.15 Å². The van der Waals surface area contributed by atoms with Crippen LogP contribution in [0.3, 0.4) is 0 Å². The highest BCUT2D eigenvalue weighted by atomic mass is 35.5. The summed E-state index contributed by atoms with van der Waals surface area (Å²) in [5.74, 6) is 0. The number of fused-ring (bicyclic) bond motifs is 1. The van der Waals surface area contributed by atoms with Crippen LogP contribution in [-0.4, -0.2) is 18.0 Å². The Morgan fingerprint density at radius 3 is 2.95 bits per heavy atom. The quantitative estimate of drug-likeness (QED) is 0.933. The van der Waals surface area contributed by atoms with Crippen LogP contribution in [0.15, 0.2) is 17.4 Å². The molecule has 0 aliphatic heterocycles. The molecule has 0 amide bonds. The van der Waals surface area contributed by atoms with Crippen LogP contribution in [0.1, 0.15) is 21.7 Å². The minimum absolute atomic E-state index is 0.117. The zero-order chi connectivity index (χ0) is 14.3. The molecule has 3 rings (SSSR count). The lowest BCUT2D eigenvalue weighted by atomic mass is 10.2. The van der Waals surface area contributed by atoms with E-state index in [0.29, 0.717) is 0 Å². The van der Waals surface area contributed by atoms with Gasteiger partial charge >= 0.3 is 0 Å². The zero-order valence-electron chi connectivity index (χ0n) is 10.9. The van der Waals surface area contributed by atoms with Crippen molar-refractivity contribution in [3.63, 3.8) is 0 Å². The van der Waals surface area contributed by atoms with Gasteiger partial charge in [0.15, 0.2) is 0 Å². The van der Waals surface area contributed by atoms with Gasteiger partial charge in [0.05, 0.1) is 6.33 Å². The van der Waals surface area contributed by atoms with E-state index in [0.717, 1.165) is 17.7 Å². The summed E-state index contributed by atoms with van der Waals surface area (Å²) in [5, 5.41) is -0.00284. The zero-order valence-corrected chi connectivity index (χ0v) is 13.3. The molecule has 108 valence electrons. The van der Waals surface area contributed by atoms with E-state index in [2.05, 4.69) is 15.8 Å². The summed E-state index contributed by atoms with van der Waals surface area (Å²) in [6.07, 6.45) is 4.80. The van der Waals surface area contributed by atoms with Crippen molar-refractivity contribution in [1.82, 2.24) is 14.3 Å². The predicted molar refractivity (Wildman–Crippen MR) is 78.6 cm³/mol. The average Bonchev–Trinajstić information content (AvgIpc) is 3.03. The molecule has 20 heavy (non-hydrogen) atoms. The number of thiophene rings is 1. The van der Waals surface area contributed by atoms with Gasteiger partial charge in [-0.05, 0) is 30.9 Å². The second kappa shape index (κ2) is 5.14. The standard InChI is InChI=1S/C12H14ClN3O2S2/c1-16-7-14-12(11(16)13)20(17,18)15-6-9-5-8-3-2-4-10(8)19-9/h5,7,15H,2-4,6H2,1H3. The normalized spacial score (nSPS) is 14.7. The van der Waals surface area contributed by atoms with E-state index in [1.165, 1.54) is 27.8 Å². The number of aromatic nitrogens is 2. The van der Waals surface area contributed by atoms with Crippen molar-refractivity contribution in [2.45, 2.75) is 30.8 Å². The molecule has 2 aromatic rings. The van der Waals surface area contributed by atoms with Crippen molar-refractivity contribution in [2.75, 3.05) is 0 Å². The molecule has 0 unspecified atom stereocenters. The van der Waals surface area contributed by atoms with E-state index in [1.807, 2.05) is 0 Å². The Labute approximate surface area is 126 Å². The fourth-order valence-electron chi connectivity index (χ4n) is 2.29. The Balaban J connectivity index is 1.75. The summed E-state index contributed by atoms with van der Waals surface area (Å²) in [5.41, 5.74) is 1.36. The SMILES string of the molecule is Cn1cnc(S(=O)(=O)NCc2cc3c(s2)CCC3)c1Cl. The first-order valence-electron chi connectivity index (χ1n) is 6.24. The number of rotatable bonds is 4. The van der Waals surface area contributed by atoms with E-state index in [9.17, 15) is 8.42 Å². The Hall–Kier alpha value is -0.890. The lowest BCUT2D eigenvalue weighted by Crippen LogP contribution is -2.23. The molecule has 0 bridgehead atoms. The van der Waals surface area contributed by atoms with E-state index < -0.39 is 10.0 Å². The molecule has 0 spiro atoms. The molecule has 5 nitrogen and oxygen atoms in total. The van der Waals surface area contributed by atoms with Crippen LogP contribution < -0.4 is 4.72 Å². The van der Waals surface area contributed by atoms with Crippen molar-refractivity contribution in [2.24, 2.45) is 7.05 Å². The van der Waals surface area contributed by atoms with Crippen LogP contribution in [0.4, 0.5) is 0 Å². The fraction of sp³-hybridized carbons (Fsp3) is 0.417. The van der Waals surface area contributed by atoms with Crippen LogP contribution in [0, 0.1) is 0 Å². The maximum atomic E-state index is 12.1. The minimum atomic E-state index is -3.67. The predicted octanol–water partition coefficient (Wildman–Crippen LogP) is 2.10. The Bertz CT molecular complexity index is 727. The van der Waals surface area contributed by atoms with Crippen molar-refractivity contribution in [1.29, 1.82) is 0 Å². The minimum Gasteiger partial charge on any atom is -0.324 e. The van der Waals surface area contributed by atoms with Gasteiger partial charge in [0.2, 0.25) is 5.03 Å². The molecule has 0 aromatic carbocycles. The Morgan fingerprint density at radius 2 is 2.30 bits per heavy atom. The monoisotopic (exact) mass is 331 g/mol. The third-order valence-corrected chi connectivity index (χ3v) is 6.45. The number of nitrogens with one attached hydrogen (secondary N) is 1. The molecule has 0 saturated carbocycles. The number of sulfonamides is 1. The summed E-state index contributed by atoms with van der Waals surface area (Å²) in [7, 11) is -2.02. The number of halogens is 1. The molecule has 0 fully saturated rings. The average molecular weight is 332 g/mol. The first kappa shape index (κ1) is 14.1. The van der Waals surface area contributed by atoms with Crippen LogP contribution in [0.25, 0.3) is 0 Å². The van der Waals surface area contributed by atoms with Crippen LogP contribution in [0.2, 0.25) is 5.15 Å². The number of hydrogen-bond acceptors (Lipinski definition) is 4. The van der Waals surface area contributed by atoms with E-state index in [-0.39, 0.29) is 16.7 Å². The largest absolute Gasteiger partial charge is 0.324 e. The number of imidazole rings is 1. The van der Waals surface area contributed by atoms with Crippen molar-refractivity contribution < 1.29 is 8.42 Å². The number of nitrogens with zero attached hydrogens (tertiary/aromatic N) is 2. The molecule has 2 aromatic heterocycles. The van der Waals surface area contributed by atoms with E-state index >= 15 is 0 Å². The van der Waals surface area contributed by atoms with Crippen LogP contribution in [-0.2, 0) is 36.5 Å². The number of aryl methyl sites for hydroxylation is 3. The second-order valence-electron chi connectivity index (χ2n) is 4.79. The van der Waals surface area contributed by atoms with Gasteiger partial charge in [-0.3, -0.25) is 0 Å². The summed E-state index contributed by atoms with van der Waals surface area (Å²) in [6.45, 7) is 0.285. The summed E-state index contributed by atoms with van der Waals surface area (Å²) < 4.78 is 28.3. The molecule has 0 saturated heterocycles. The lowest BCUT2D eigenvalue weighted by Gasteiger charge is -2.03. The maximum Gasteiger partial charge on any atom is 0.261 e. The van der Waals surface area contributed by atoms with Gasteiger partial charge in [-0.2, -0.15) is 0 Å². The van der Waals surface area contributed by atoms with Crippen molar-refractivity contribution >= 4 is 33.0 Å². The van der Waals surface area contributed by atoms with Gasteiger partial charge in [-0.15, -0.1) is 11.3 Å². The van der Waals surface area contributed by atoms with Crippen molar-refractivity contribution in [3.05, 3.63) is 32.9 Å². The Morgan fingerprint density at radius 1 is 1.50 bits per heavy atom. The van der Waals surface area contributed by atoms with Crippen LogP contribution in [0.5, 0.6) is 0 Å². The maximum absolute atomic E-state index is 12.1. The van der Waals surface area contributed by atoms with Gasteiger partial charge in [-0.25, -0.2) is 18.1 Å². The molecule has 1 aliphatic rings. The molecular weight excluding hydrogens is 318 g/mol. The molecular formula is C12H14ClN3O2S2. The van der Waals surface area contributed by atoms with Gasteiger partial charge in [-0.1, -0.05) is 11.6 Å². The van der Waals surface area contributed by atoms with Crippen molar-refractivity contribution in [3.8, 4) is 0 Å². The summed E-state index contributed by atoms with van der Waals surface area (Å²) in [4.78, 5) is 6.25.